The monoisotopic (exact) mass is 368 g/mol. The van der Waals surface area contributed by atoms with E-state index in [1.54, 1.807) is 12.1 Å². The number of halogens is 1. The van der Waals surface area contributed by atoms with Gasteiger partial charge in [0.15, 0.2) is 0 Å². The van der Waals surface area contributed by atoms with Crippen molar-refractivity contribution < 1.29 is 9.18 Å². The molecule has 3 nitrogen and oxygen atoms in total. The van der Waals surface area contributed by atoms with Gasteiger partial charge in [-0.05, 0) is 55.0 Å². The third-order valence-electron chi connectivity index (χ3n) is 5.48. The number of hydrogen-bond acceptors (Lipinski definition) is 2. The molecule has 1 heterocycles. The third-order valence-corrected chi connectivity index (χ3v) is 5.48. The fourth-order valence-electron chi connectivity index (χ4n) is 3.69. The summed E-state index contributed by atoms with van der Waals surface area (Å²) in [4.78, 5) is 14.7. The molecule has 27 heavy (non-hydrogen) atoms. The average Bonchev–Trinajstić information content (AvgIpc) is 2.69. The Morgan fingerprint density at radius 2 is 1.78 bits per heavy atom. The van der Waals surface area contributed by atoms with Crippen LogP contribution in [0, 0.1) is 5.82 Å². The number of likely N-dealkylation sites (tertiary alicyclic amines) is 1. The van der Waals surface area contributed by atoms with E-state index in [2.05, 4.69) is 47.5 Å². The molecular formula is C23H29FN2O. The molecule has 1 N–H and O–H groups in total. The van der Waals surface area contributed by atoms with Crippen LogP contribution in [0.1, 0.15) is 43.2 Å². The number of nitrogens with zero attached hydrogens (tertiary/aromatic N) is 1. The lowest BCUT2D eigenvalue weighted by molar-refractivity contribution is -0.121. The van der Waals surface area contributed by atoms with Crippen molar-refractivity contribution in [2.75, 3.05) is 19.6 Å². The summed E-state index contributed by atoms with van der Waals surface area (Å²) in [5.74, 6) is 0.324. The van der Waals surface area contributed by atoms with Gasteiger partial charge in [0.2, 0.25) is 5.91 Å². The maximum absolute atomic E-state index is 12.9. The summed E-state index contributed by atoms with van der Waals surface area (Å²) in [5.41, 5.74) is 2.25. The van der Waals surface area contributed by atoms with Gasteiger partial charge in [-0.25, -0.2) is 4.39 Å². The van der Waals surface area contributed by atoms with Gasteiger partial charge in [0.05, 0.1) is 6.42 Å². The van der Waals surface area contributed by atoms with Gasteiger partial charge in [-0.1, -0.05) is 49.4 Å². The second-order valence-electron chi connectivity index (χ2n) is 7.59. The number of carbonyl (C=O) groups is 1. The normalized spacial score (nSPS) is 16.8. The van der Waals surface area contributed by atoms with Crippen molar-refractivity contribution in [1.29, 1.82) is 0 Å². The Kier molecular flexibility index (Phi) is 6.99. The zero-order chi connectivity index (χ0) is 19.1. The van der Waals surface area contributed by atoms with E-state index in [-0.39, 0.29) is 17.8 Å². The predicted molar refractivity (Wildman–Crippen MR) is 107 cm³/mol. The molecule has 0 aliphatic carbocycles. The topological polar surface area (TPSA) is 32.3 Å². The summed E-state index contributed by atoms with van der Waals surface area (Å²) in [5, 5.41) is 3.13. The van der Waals surface area contributed by atoms with Crippen molar-refractivity contribution in [3.05, 3.63) is 71.5 Å². The van der Waals surface area contributed by atoms with Crippen molar-refractivity contribution in [1.82, 2.24) is 10.2 Å². The number of carbonyl (C=O) groups excluding carboxylic acids is 1. The SMILES string of the molecule is C[C@@H](CCN1CCC(NC(=O)Cc2ccc(F)cc2)CC1)c1ccccc1. The average molecular weight is 368 g/mol. The largest absolute Gasteiger partial charge is 0.353 e. The Balaban J connectivity index is 1.36. The fraction of sp³-hybridized carbons (Fsp3) is 0.435. The van der Waals surface area contributed by atoms with Crippen LogP contribution in [0.2, 0.25) is 0 Å². The molecule has 0 spiro atoms. The van der Waals surface area contributed by atoms with E-state index in [1.807, 2.05) is 0 Å². The summed E-state index contributed by atoms with van der Waals surface area (Å²) >= 11 is 0. The highest BCUT2D eigenvalue weighted by Gasteiger charge is 2.21. The van der Waals surface area contributed by atoms with Crippen LogP contribution >= 0.6 is 0 Å². The number of amides is 1. The Labute approximate surface area is 161 Å². The molecule has 1 aliphatic heterocycles. The van der Waals surface area contributed by atoms with E-state index in [1.165, 1.54) is 17.7 Å². The highest BCUT2D eigenvalue weighted by molar-refractivity contribution is 5.78. The first-order chi connectivity index (χ1) is 13.1. The van der Waals surface area contributed by atoms with Crippen LogP contribution in [0.25, 0.3) is 0 Å². The van der Waals surface area contributed by atoms with E-state index in [0.29, 0.717) is 12.3 Å². The van der Waals surface area contributed by atoms with E-state index in [0.717, 1.165) is 44.5 Å². The number of hydrogen-bond donors (Lipinski definition) is 1. The molecule has 1 fully saturated rings. The van der Waals surface area contributed by atoms with Crippen LogP contribution in [-0.2, 0) is 11.2 Å². The van der Waals surface area contributed by atoms with Crippen LogP contribution in [0.4, 0.5) is 4.39 Å². The van der Waals surface area contributed by atoms with Gasteiger partial charge in [0, 0.05) is 19.1 Å². The lowest BCUT2D eigenvalue weighted by Crippen LogP contribution is -2.45. The number of nitrogens with one attached hydrogen (secondary N) is 1. The molecule has 0 bridgehead atoms. The Morgan fingerprint density at radius 1 is 1.11 bits per heavy atom. The first-order valence-corrected chi connectivity index (χ1v) is 9.91. The van der Waals surface area contributed by atoms with E-state index < -0.39 is 0 Å². The molecule has 144 valence electrons. The van der Waals surface area contributed by atoms with Crippen molar-refractivity contribution in [3.8, 4) is 0 Å². The summed E-state index contributed by atoms with van der Waals surface area (Å²) in [6, 6.07) is 17.1. The lowest BCUT2D eigenvalue weighted by Gasteiger charge is -2.33. The molecule has 0 aromatic heterocycles. The maximum atomic E-state index is 12.9. The molecular weight excluding hydrogens is 339 g/mol. The summed E-state index contributed by atoms with van der Waals surface area (Å²) in [6.45, 7) is 5.45. The summed E-state index contributed by atoms with van der Waals surface area (Å²) < 4.78 is 12.9. The van der Waals surface area contributed by atoms with Gasteiger partial charge in [-0.2, -0.15) is 0 Å². The lowest BCUT2D eigenvalue weighted by atomic mass is 9.97. The standard InChI is InChI=1S/C23H29FN2O/c1-18(20-5-3-2-4-6-20)11-14-26-15-12-22(13-16-26)25-23(27)17-19-7-9-21(24)10-8-19/h2-10,18,22H,11-17H2,1H3,(H,25,27)/t18-/m0/s1. The minimum Gasteiger partial charge on any atom is -0.353 e. The van der Waals surface area contributed by atoms with Gasteiger partial charge in [0.25, 0.3) is 0 Å². The van der Waals surface area contributed by atoms with Gasteiger partial charge in [-0.15, -0.1) is 0 Å². The van der Waals surface area contributed by atoms with Gasteiger partial charge in [0.1, 0.15) is 5.82 Å². The fourth-order valence-corrected chi connectivity index (χ4v) is 3.69. The molecule has 1 atom stereocenters. The Morgan fingerprint density at radius 3 is 2.44 bits per heavy atom. The van der Waals surface area contributed by atoms with Crippen molar-refractivity contribution in [2.45, 2.75) is 44.6 Å². The van der Waals surface area contributed by atoms with Crippen molar-refractivity contribution >= 4 is 5.91 Å². The third kappa shape index (κ3) is 6.17. The van der Waals surface area contributed by atoms with Gasteiger partial charge in [-0.3, -0.25) is 4.79 Å². The Bertz CT molecular complexity index is 709. The quantitative estimate of drug-likeness (QED) is 0.796. The first kappa shape index (κ1) is 19.6. The van der Waals surface area contributed by atoms with Crippen molar-refractivity contribution in [3.63, 3.8) is 0 Å². The molecule has 0 radical (unpaired) electrons. The summed E-state index contributed by atoms with van der Waals surface area (Å²) in [7, 11) is 0. The highest BCUT2D eigenvalue weighted by Crippen LogP contribution is 2.20. The van der Waals surface area contributed by atoms with Crippen LogP contribution in [-0.4, -0.2) is 36.5 Å². The minimum absolute atomic E-state index is 0.0257. The van der Waals surface area contributed by atoms with Gasteiger partial charge >= 0.3 is 0 Å². The first-order valence-electron chi connectivity index (χ1n) is 9.91. The molecule has 2 aromatic carbocycles. The van der Waals surface area contributed by atoms with Crippen LogP contribution in [0.15, 0.2) is 54.6 Å². The van der Waals surface area contributed by atoms with Crippen LogP contribution in [0.5, 0.6) is 0 Å². The van der Waals surface area contributed by atoms with Gasteiger partial charge < -0.3 is 10.2 Å². The van der Waals surface area contributed by atoms with E-state index in [4.69, 9.17) is 0 Å². The second kappa shape index (κ2) is 9.65. The number of piperidine rings is 1. The predicted octanol–water partition coefficient (Wildman–Crippen LogP) is 4.14. The number of benzene rings is 2. The molecule has 0 unspecified atom stereocenters. The smallest absolute Gasteiger partial charge is 0.224 e. The minimum atomic E-state index is -0.270. The summed E-state index contributed by atoms with van der Waals surface area (Å²) in [6.07, 6.45) is 3.46. The molecule has 1 amide bonds. The van der Waals surface area contributed by atoms with Crippen molar-refractivity contribution in [2.24, 2.45) is 0 Å². The maximum Gasteiger partial charge on any atom is 0.224 e. The second-order valence-corrected chi connectivity index (χ2v) is 7.59. The molecule has 2 aromatic rings. The van der Waals surface area contributed by atoms with E-state index >= 15 is 0 Å². The zero-order valence-electron chi connectivity index (χ0n) is 16.0. The number of rotatable bonds is 7. The molecule has 0 saturated carbocycles. The van der Waals surface area contributed by atoms with Crippen LogP contribution in [0.3, 0.4) is 0 Å². The molecule has 3 rings (SSSR count). The molecule has 1 aliphatic rings. The van der Waals surface area contributed by atoms with Crippen LogP contribution < -0.4 is 5.32 Å². The highest BCUT2D eigenvalue weighted by atomic mass is 19.1. The zero-order valence-corrected chi connectivity index (χ0v) is 16.0. The molecule has 1 saturated heterocycles. The van der Waals surface area contributed by atoms with E-state index in [9.17, 15) is 9.18 Å². The Hall–Kier alpha value is -2.20. The molecule has 4 heteroatoms.